The third kappa shape index (κ3) is 2.47. The summed E-state index contributed by atoms with van der Waals surface area (Å²) in [5.41, 5.74) is 3.40. The van der Waals surface area contributed by atoms with Crippen LogP contribution in [0.15, 0.2) is 6.20 Å². The zero-order valence-electron chi connectivity index (χ0n) is 9.55. The fourth-order valence-corrected chi connectivity index (χ4v) is 1.33. The number of aryl methyl sites for hydroxylation is 2. The first-order valence-electron chi connectivity index (χ1n) is 5.22. The lowest BCUT2D eigenvalue weighted by Gasteiger charge is -2.12. The van der Waals surface area contributed by atoms with Gasteiger partial charge in [-0.1, -0.05) is 13.3 Å². The molecule has 0 unspecified atom stereocenters. The van der Waals surface area contributed by atoms with Gasteiger partial charge in [0.1, 0.15) is 5.75 Å². The minimum atomic E-state index is 0.795. The summed E-state index contributed by atoms with van der Waals surface area (Å²) in [6.07, 6.45) is 4.17. The van der Waals surface area contributed by atoms with Crippen molar-refractivity contribution in [2.75, 3.05) is 6.61 Å². The minimum absolute atomic E-state index is 0.795. The van der Waals surface area contributed by atoms with Crippen LogP contribution in [0.25, 0.3) is 0 Å². The molecule has 0 bridgehead atoms. The Kier molecular flexibility index (Phi) is 3.93. The lowest BCUT2D eigenvalue weighted by molar-refractivity contribution is 0.303. The molecule has 2 heteroatoms. The zero-order chi connectivity index (χ0) is 10.6. The van der Waals surface area contributed by atoms with E-state index in [1.54, 1.807) is 0 Å². The van der Waals surface area contributed by atoms with Gasteiger partial charge in [-0.2, -0.15) is 0 Å². The number of hydrogen-bond acceptors (Lipinski definition) is 2. The van der Waals surface area contributed by atoms with Crippen molar-refractivity contribution in [3.8, 4) is 5.75 Å². The van der Waals surface area contributed by atoms with Crippen molar-refractivity contribution in [1.82, 2.24) is 4.98 Å². The molecule has 14 heavy (non-hydrogen) atoms. The normalized spacial score (nSPS) is 10.3. The van der Waals surface area contributed by atoms with E-state index in [4.69, 9.17) is 4.74 Å². The smallest absolute Gasteiger partial charge is 0.143 e. The van der Waals surface area contributed by atoms with Gasteiger partial charge in [0.15, 0.2) is 0 Å². The highest BCUT2D eigenvalue weighted by molar-refractivity contribution is 5.40. The number of ether oxygens (including phenoxy) is 1. The molecular formula is C12H19NO. The van der Waals surface area contributed by atoms with Crippen molar-refractivity contribution in [3.63, 3.8) is 0 Å². The van der Waals surface area contributed by atoms with E-state index < -0.39 is 0 Å². The maximum Gasteiger partial charge on any atom is 0.143 e. The molecule has 0 atom stereocenters. The molecule has 1 rings (SSSR count). The summed E-state index contributed by atoms with van der Waals surface area (Å²) in [4.78, 5) is 4.29. The van der Waals surface area contributed by atoms with Crippen LogP contribution in [0.5, 0.6) is 5.75 Å². The van der Waals surface area contributed by atoms with Crippen LogP contribution in [0.1, 0.15) is 36.6 Å². The van der Waals surface area contributed by atoms with Crippen molar-refractivity contribution in [1.29, 1.82) is 0 Å². The Labute approximate surface area is 86.3 Å². The Morgan fingerprint density at radius 1 is 1.29 bits per heavy atom. The Hall–Kier alpha value is -1.05. The van der Waals surface area contributed by atoms with E-state index in [1.807, 2.05) is 13.1 Å². The zero-order valence-corrected chi connectivity index (χ0v) is 9.55. The van der Waals surface area contributed by atoms with Crippen molar-refractivity contribution in [3.05, 3.63) is 23.0 Å². The molecular weight excluding hydrogens is 174 g/mol. The van der Waals surface area contributed by atoms with Gasteiger partial charge in [0.25, 0.3) is 0 Å². The quantitative estimate of drug-likeness (QED) is 0.685. The highest BCUT2D eigenvalue weighted by Gasteiger charge is 2.06. The number of nitrogens with zero attached hydrogens (tertiary/aromatic N) is 1. The fraction of sp³-hybridized carbons (Fsp3) is 0.583. The lowest BCUT2D eigenvalue weighted by atomic mass is 10.1. The van der Waals surface area contributed by atoms with Gasteiger partial charge in [-0.25, -0.2) is 0 Å². The van der Waals surface area contributed by atoms with Crippen LogP contribution in [0.3, 0.4) is 0 Å². The van der Waals surface area contributed by atoms with Crippen LogP contribution < -0.4 is 4.74 Å². The Morgan fingerprint density at radius 3 is 2.64 bits per heavy atom. The molecule has 1 aromatic rings. The summed E-state index contributed by atoms with van der Waals surface area (Å²) in [5, 5.41) is 0. The first-order valence-corrected chi connectivity index (χ1v) is 5.22. The first kappa shape index (κ1) is 11.0. The molecule has 0 aromatic carbocycles. The maximum atomic E-state index is 5.73. The topological polar surface area (TPSA) is 22.1 Å². The molecule has 0 aliphatic rings. The maximum absolute atomic E-state index is 5.73. The summed E-state index contributed by atoms with van der Waals surface area (Å²) >= 11 is 0. The van der Waals surface area contributed by atoms with Crippen LogP contribution in [0, 0.1) is 20.8 Å². The average Bonchev–Trinajstić information content (AvgIpc) is 2.18. The molecule has 1 aromatic heterocycles. The summed E-state index contributed by atoms with van der Waals surface area (Å²) in [6, 6.07) is 0. The first-order chi connectivity index (χ1) is 6.66. The van der Waals surface area contributed by atoms with E-state index in [9.17, 15) is 0 Å². The van der Waals surface area contributed by atoms with Gasteiger partial charge in [-0.05, 0) is 38.3 Å². The molecule has 2 nitrogen and oxygen atoms in total. The monoisotopic (exact) mass is 193 g/mol. The van der Waals surface area contributed by atoms with Crippen molar-refractivity contribution in [2.24, 2.45) is 0 Å². The highest BCUT2D eigenvalue weighted by atomic mass is 16.5. The van der Waals surface area contributed by atoms with Gasteiger partial charge in [0, 0.05) is 6.20 Å². The number of pyridine rings is 1. The molecule has 1 heterocycles. The molecule has 78 valence electrons. The predicted octanol–water partition coefficient (Wildman–Crippen LogP) is 3.19. The van der Waals surface area contributed by atoms with Crippen molar-refractivity contribution in [2.45, 2.75) is 40.5 Å². The van der Waals surface area contributed by atoms with E-state index >= 15 is 0 Å². The summed E-state index contributed by atoms with van der Waals surface area (Å²) < 4.78 is 5.73. The van der Waals surface area contributed by atoms with E-state index in [1.165, 1.54) is 11.1 Å². The molecule has 0 saturated heterocycles. The second-order valence-electron chi connectivity index (χ2n) is 3.68. The Morgan fingerprint density at radius 2 is 2.00 bits per heavy atom. The number of rotatable bonds is 4. The minimum Gasteiger partial charge on any atom is -0.491 e. The van der Waals surface area contributed by atoms with Crippen LogP contribution in [0.4, 0.5) is 0 Å². The Balaban J connectivity index is 2.79. The molecule has 0 aliphatic carbocycles. The van der Waals surface area contributed by atoms with Crippen molar-refractivity contribution >= 4 is 0 Å². The highest BCUT2D eigenvalue weighted by Crippen LogP contribution is 2.23. The summed E-state index contributed by atoms with van der Waals surface area (Å²) in [7, 11) is 0. The van der Waals surface area contributed by atoms with E-state index in [-0.39, 0.29) is 0 Å². The fourth-order valence-electron chi connectivity index (χ4n) is 1.33. The van der Waals surface area contributed by atoms with Gasteiger partial charge >= 0.3 is 0 Å². The van der Waals surface area contributed by atoms with Crippen LogP contribution >= 0.6 is 0 Å². The average molecular weight is 193 g/mol. The van der Waals surface area contributed by atoms with Gasteiger partial charge < -0.3 is 4.74 Å². The summed E-state index contributed by atoms with van der Waals surface area (Å²) in [6.45, 7) is 9.11. The van der Waals surface area contributed by atoms with Crippen LogP contribution in [-0.2, 0) is 0 Å². The van der Waals surface area contributed by atoms with Gasteiger partial charge in [-0.3, -0.25) is 4.98 Å². The van der Waals surface area contributed by atoms with Gasteiger partial charge in [0.2, 0.25) is 0 Å². The number of aromatic nitrogens is 1. The molecule has 0 saturated carbocycles. The van der Waals surface area contributed by atoms with Crippen LogP contribution in [0.2, 0.25) is 0 Å². The molecule has 0 amide bonds. The van der Waals surface area contributed by atoms with Gasteiger partial charge in [-0.15, -0.1) is 0 Å². The summed E-state index contributed by atoms with van der Waals surface area (Å²) in [5.74, 6) is 0.971. The molecule has 0 spiro atoms. The van der Waals surface area contributed by atoms with E-state index in [0.717, 1.165) is 30.9 Å². The number of unbranched alkanes of at least 4 members (excludes halogenated alkanes) is 1. The lowest BCUT2D eigenvalue weighted by Crippen LogP contribution is -2.02. The predicted molar refractivity (Wildman–Crippen MR) is 58.9 cm³/mol. The molecule has 0 fully saturated rings. The third-order valence-electron chi connectivity index (χ3n) is 2.46. The second kappa shape index (κ2) is 4.99. The second-order valence-corrected chi connectivity index (χ2v) is 3.68. The van der Waals surface area contributed by atoms with E-state index in [2.05, 4.69) is 25.8 Å². The van der Waals surface area contributed by atoms with E-state index in [0.29, 0.717) is 0 Å². The molecule has 0 aliphatic heterocycles. The van der Waals surface area contributed by atoms with Crippen molar-refractivity contribution < 1.29 is 4.74 Å². The third-order valence-corrected chi connectivity index (χ3v) is 2.46. The van der Waals surface area contributed by atoms with Gasteiger partial charge in [0.05, 0.1) is 12.3 Å². The molecule has 0 N–H and O–H groups in total. The Bertz CT molecular complexity index is 307. The SMILES string of the molecule is CCCCOc1c(C)ncc(C)c1C. The number of hydrogen-bond donors (Lipinski definition) is 0. The standard InChI is InChI=1S/C12H19NO/c1-5-6-7-14-12-10(3)9(2)8-13-11(12)4/h8H,5-7H2,1-4H3. The molecule has 0 radical (unpaired) electrons. The van der Waals surface area contributed by atoms with Crippen LogP contribution in [-0.4, -0.2) is 11.6 Å². The largest absolute Gasteiger partial charge is 0.491 e.